The van der Waals surface area contributed by atoms with E-state index in [0.717, 1.165) is 58.7 Å². The van der Waals surface area contributed by atoms with Gasteiger partial charge >= 0.3 is 0 Å². The zero-order chi connectivity index (χ0) is 64.4. The average Bonchev–Trinajstić information content (AvgIpc) is 1.04. The Hall–Kier alpha value is -8.78. The Morgan fingerprint density at radius 3 is 1.54 bits per heavy atom. The molecule has 474 valence electrons. The number of benzene rings is 7. The van der Waals surface area contributed by atoms with Crippen LogP contribution >= 0.6 is 0 Å². The lowest BCUT2D eigenvalue weighted by Gasteiger charge is -2.55. The quantitative estimate of drug-likeness (QED) is 0.142. The molecule has 0 N–H and O–H groups in total. The number of allylic oxidation sites excluding steroid dienone is 8. The van der Waals surface area contributed by atoms with Gasteiger partial charge in [0.05, 0.1) is 51.4 Å². The molecule has 2 aliphatic heterocycles. The topological polar surface area (TPSA) is 63.9 Å². The summed E-state index contributed by atoms with van der Waals surface area (Å²) in [7, 11) is 0. The first-order valence-corrected chi connectivity index (χ1v) is 36.4. The van der Waals surface area contributed by atoms with E-state index in [0.29, 0.717) is 40.8 Å². The third kappa shape index (κ3) is 9.98. The lowest BCUT2D eigenvalue weighted by atomic mass is 9.33. The summed E-state index contributed by atoms with van der Waals surface area (Å²) in [4.78, 5) is 5.95. The van der Waals surface area contributed by atoms with Gasteiger partial charge in [0.25, 0.3) is 6.71 Å². The van der Waals surface area contributed by atoms with Crippen LogP contribution < -0.4 is 26.2 Å². The maximum Gasteiger partial charge on any atom is 0.252 e. The monoisotopic (exact) mass is 1240 g/mol. The highest BCUT2D eigenvalue weighted by molar-refractivity contribution is 7.00. The van der Waals surface area contributed by atoms with Crippen molar-refractivity contribution in [1.29, 1.82) is 10.5 Å². The van der Waals surface area contributed by atoms with Crippen LogP contribution in [0.25, 0.3) is 55.0 Å². The Morgan fingerprint density at radius 1 is 0.484 bits per heavy atom. The second-order valence-electron chi connectivity index (χ2n) is 31.6. The second kappa shape index (κ2) is 23.5. The smallest absolute Gasteiger partial charge is 0.252 e. The van der Waals surface area contributed by atoms with E-state index in [1.165, 1.54) is 172 Å². The molecule has 6 aliphatic carbocycles. The molecule has 4 atom stereocenters. The first-order chi connectivity index (χ1) is 46.3. The predicted octanol–water partition coefficient (Wildman–Crippen LogP) is 20.6. The van der Waals surface area contributed by atoms with Gasteiger partial charge in [0.1, 0.15) is 0 Å². The summed E-state index contributed by atoms with van der Waals surface area (Å²) in [5.74, 6) is 2.65. The number of nitrogens with zero attached hydrogens (tertiary/aromatic N) is 6. The minimum absolute atomic E-state index is 0.0484. The largest absolute Gasteiger partial charge is 0.339 e. The van der Waals surface area contributed by atoms with Crippen LogP contribution in [0.3, 0.4) is 0 Å². The number of fused-ring (bicyclic) bond motifs is 10. The molecule has 0 spiro atoms. The van der Waals surface area contributed by atoms with Crippen LogP contribution in [-0.4, -0.2) is 27.9 Å². The van der Waals surface area contributed by atoms with Crippen LogP contribution in [-0.2, 0) is 10.8 Å². The Morgan fingerprint density at radius 2 is 1.02 bits per heavy atom. The summed E-state index contributed by atoms with van der Waals surface area (Å²) in [5, 5.41) is 25.5. The molecular formula is C88H89BN6. The van der Waals surface area contributed by atoms with E-state index < -0.39 is 0 Å². The van der Waals surface area contributed by atoms with E-state index >= 15 is 0 Å². The van der Waals surface area contributed by atoms with Crippen LogP contribution in [0.5, 0.6) is 0 Å². The molecule has 0 radical (unpaired) electrons. The van der Waals surface area contributed by atoms with Gasteiger partial charge in [-0.25, -0.2) is 0 Å². The number of aromatic nitrogens is 2. The molecule has 4 heterocycles. The highest BCUT2D eigenvalue weighted by atomic mass is 15.2. The summed E-state index contributed by atoms with van der Waals surface area (Å²) in [6, 6.07) is 55.0. The molecule has 7 heteroatoms. The molecule has 7 aromatic carbocycles. The van der Waals surface area contributed by atoms with Crippen LogP contribution in [0.15, 0.2) is 199 Å². The minimum Gasteiger partial charge on any atom is -0.339 e. The van der Waals surface area contributed by atoms with Gasteiger partial charge in [-0.1, -0.05) is 197 Å². The third-order valence-electron chi connectivity index (χ3n) is 24.2. The van der Waals surface area contributed by atoms with Crippen molar-refractivity contribution in [3.8, 4) is 23.5 Å². The Kier molecular flexibility index (Phi) is 14.9. The van der Waals surface area contributed by atoms with Crippen LogP contribution in [0.2, 0.25) is 0 Å². The molecule has 6 nitrogen and oxygen atoms in total. The highest BCUT2D eigenvalue weighted by Crippen LogP contribution is 2.54. The van der Waals surface area contributed by atoms with Gasteiger partial charge in [0.2, 0.25) is 0 Å². The van der Waals surface area contributed by atoms with E-state index in [4.69, 9.17) is 0 Å². The van der Waals surface area contributed by atoms with E-state index in [9.17, 15) is 10.5 Å². The number of hydrogen-bond donors (Lipinski definition) is 0. The Bertz CT molecular complexity index is 4870. The summed E-state index contributed by atoms with van der Waals surface area (Å²) >= 11 is 0. The van der Waals surface area contributed by atoms with Crippen LogP contribution in [0.4, 0.5) is 22.7 Å². The molecule has 3 saturated carbocycles. The fraction of sp³-hybridized carbons (Fsp3) is 0.364. The third-order valence-corrected chi connectivity index (χ3v) is 24.2. The highest BCUT2D eigenvalue weighted by Gasteiger charge is 2.52. The molecule has 0 saturated heterocycles. The molecule has 8 aliphatic rings. The van der Waals surface area contributed by atoms with Gasteiger partial charge in [-0.3, -0.25) is 0 Å². The maximum atomic E-state index is 10.5. The normalized spacial score (nSPS) is 22.3. The molecule has 95 heavy (non-hydrogen) atoms. The van der Waals surface area contributed by atoms with Gasteiger partial charge in [-0.15, -0.1) is 0 Å². The second-order valence-corrected chi connectivity index (χ2v) is 31.6. The van der Waals surface area contributed by atoms with Gasteiger partial charge in [-0.05, 0) is 214 Å². The molecule has 2 aromatic heterocycles. The number of anilines is 4. The molecule has 4 unspecified atom stereocenters. The summed E-state index contributed by atoms with van der Waals surface area (Å²) in [6.07, 6.45) is 43.4. The van der Waals surface area contributed by atoms with Crippen molar-refractivity contribution in [3.63, 3.8) is 0 Å². The molecule has 17 rings (SSSR count). The van der Waals surface area contributed by atoms with Gasteiger partial charge in [0.15, 0.2) is 0 Å². The number of rotatable bonds is 8. The zero-order valence-corrected chi connectivity index (χ0v) is 56.6. The van der Waals surface area contributed by atoms with Crippen molar-refractivity contribution in [1.82, 2.24) is 9.13 Å². The van der Waals surface area contributed by atoms with E-state index in [-0.39, 0.29) is 29.5 Å². The predicted molar refractivity (Wildman–Crippen MR) is 399 cm³/mol. The number of hydrogen-bond acceptors (Lipinski definition) is 4. The van der Waals surface area contributed by atoms with Crippen molar-refractivity contribution >= 4 is 89.5 Å². The summed E-state index contributed by atoms with van der Waals surface area (Å²) in [5.41, 5.74) is 24.4. The standard InChI is InChI=1S/C88H89BN6/c1-87(2,3)62-38-46-78-72(50-62)70-48-56(54-90)36-44-76(70)92(78)64-40-42-74-82(52-64)94(85-66(58-22-11-7-12-23-58)30-19-31-67(85)59-24-13-8-14-25-59)80-34-21-35-81-84(80)89(74)75-43-41-65(93-77-45-37-57(55-91)49-71(77)73-51-63(88(4,5)6)39-47-79(73)93)53-83(75)95(81)86-68(60-26-15-9-16-27-60)32-20-33-69(86)61-28-17-10-18-29-61/h7,11,13,19,21-22,24-25,30-31,34-53,60-61,67-69,85-86H,8-10,12,14-18,20,23,26-29,32-33H2,1-6H3. The lowest BCUT2D eigenvalue weighted by Crippen LogP contribution is -2.66. The van der Waals surface area contributed by atoms with Crippen LogP contribution in [0.1, 0.15) is 173 Å². The van der Waals surface area contributed by atoms with E-state index in [2.05, 4.69) is 243 Å². The van der Waals surface area contributed by atoms with Crippen molar-refractivity contribution in [2.45, 2.75) is 174 Å². The van der Waals surface area contributed by atoms with E-state index in [1.54, 1.807) is 0 Å². The van der Waals surface area contributed by atoms with Gasteiger partial charge in [0, 0.05) is 67.6 Å². The first kappa shape index (κ1) is 59.9. The summed E-state index contributed by atoms with van der Waals surface area (Å²) in [6.45, 7) is 13.7. The van der Waals surface area contributed by atoms with Gasteiger partial charge in [-0.2, -0.15) is 10.5 Å². The molecule has 9 aromatic rings. The van der Waals surface area contributed by atoms with Crippen LogP contribution in [0, 0.1) is 52.3 Å². The SMILES string of the molecule is CC(C)(C)c1ccc2c(c1)c1cc(C#N)ccc1n2-c1ccc2c(c1)N(C1C(C3=CC=CCC3)=CC=CC1C1=CCCC=C1)c1cccc3c1B2c1ccc(-n2c4ccc(C#N)cc4c4cc(C(C)(C)C)ccc42)cc1N3C1C(C2CCCCC2)CCCC1C1CCCCC1. The number of nitriles is 2. The molecule has 3 fully saturated rings. The van der Waals surface area contributed by atoms with Crippen molar-refractivity contribution in [3.05, 3.63) is 221 Å². The van der Waals surface area contributed by atoms with Gasteiger partial charge < -0.3 is 18.9 Å². The van der Waals surface area contributed by atoms with Crippen molar-refractivity contribution in [2.24, 2.45) is 29.6 Å². The fourth-order valence-electron chi connectivity index (χ4n) is 19.6. The average molecular weight is 1240 g/mol. The van der Waals surface area contributed by atoms with Crippen molar-refractivity contribution < 1.29 is 0 Å². The molecular weight excluding hydrogens is 1150 g/mol. The first-order valence-electron chi connectivity index (χ1n) is 36.4. The molecule has 0 bridgehead atoms. The zero-order valence-electron chi connectivity index (χ0n) is 56.6. The summed E-state index contributed by atoms with van der Waals surface area (Å²) < 4.78 is 5.03. The Balaban J connectivity index is 0.960. The minimum atomic E-state index is -0.0707. The lowest BCUT2D eigenvalue weighted by molar-refractivity contribution is 0.0839. The molecule has 0 amide bonds. The van der Waals surface area contributed by atoms with E-state index in [1.807, 2.05) is 12.1 Å². The fourth-order valence-corrected chi connectivity index (χ4v) is 19.6. The Labute approximate surface area is 563 Å². The maximum absolute atomic E-state index is 10.5. The van der Waals surface area contributed by atoms with Crippen molar-refractivity contribution in [2.75, 3.05) is 9.80 Å².